The normalized spacial score (nSPS) is 20.9. The fourth-order valence-corrected chi connectivity index (χ4v) is 2.53. The summed E-state index contributed by atoms with van der Waals surface area (Å²) in [7, 11) is 0. The van der Waals surface area contributed by atoms with Crippen LogP contribution in [-0.2, 0) is 9.53 Å². The number of carbonyl (C=O) groups excluding carboxylic acids is 1. The van der Waals surface area contributed by atoms with Gasteiger partial charge < -0.3 is 10.1 Å². The molecule has 21 heavy (non-hydrogen) atoms. The Morgan fingerprint density at radius 2 is 2.14 bits per heavy atom. The Balaban J connectivity index is 3.16. The molecule has 0 saturated heterocycles. The topological polar surface area (TPSA) is 62.1 Å². The zero-order valence-corrected chi connectivity index (χ0v) is 13.7. The maximum Gasteiger partial charge on any atom is 0.349 e. The molecular formula is C17H26N2O2. The van der Waals surface area contributed by atoms with Crippen LogP contribution in [0.1, 0.15) is 53.9 Å². The van der Waals surface area contributed by atoms with Crippen LogP contribution in [0.5, 0.6) is 0 Å². The summed E-state index contributed by atoms with van der Waals surface area (Å²) in [5, 5.41) is 12.8. The number of carbonyl (C=O) groups is 1. The van der Waals surface area contributed by atoms with E-state index in [1.807, 2.05) is 12.1 Å². The Bertz CT molecular complexity index is 495. The molecule has 0 aromatic carbocycles. The molecule has 1 rings (SSSR count). The number of nitriles is 1. The number of nitrogens with zero attached hydrogens (tertiary/aromatic N) is 1. The first-order valence-electron chi connectivity index (χ1n) is 7.60. The van der Waals surface area contributed by atoms with Crippen molar-refractivity contribution < 1.29 is 9.53 Å². The average molecular weight is 290 g/mol. The highest BCUT2D eigenvalue weighted by Gasteiger charge is 2.29. The highest BCUT2D eigenvalue weighted by atomic mass is 16.5. The molecule has 0 aliphatic heterocycles. The SMILES string of the molecule is CCOC(=O)/C(C#N)=C1\C=C(NC(C)CC)CC(C)(C)C1. The van der Waals surface area contributed by atoms with Crippen LogP contribution in [0.15, 0.2) is 22.9 Å². The lowest BCUT2D eigenvalue weighted by Crippen LogP contribution is -2.30. The van der Waals surface area contributed by atoms with E-state index < -0.39 is 5.97 Å². The van der Waals surface area contributed by atoms with Crippen molar-refractivity contribution >= 4 is 5.97 Å². The Morgan fingerprint density at radius 3 is 2.67 bits per heavy atom. The highest BCUT2D eigenvalue weighted by Crippen LogP contribution is 2.38. The third-order valence-corrected chi connectivity index (χ3v) is 3.64. The van der Waals surface area contributed by atoms with E-state index in [0.29, 0.717) is 12.5 Å². The summed E-state index contributed by atoms with van der Waals surface area (Å²) in [4.78, 5) is 11.9. The summed E-state index contributed by atoms with van der Waals surface area (Å²) < 4.78 is 4.98. The number of hydrogen-bond donors (Lipinski definition) is 1. The molecule has 1 N–H and O–H groups in total. The third kappa shape index (κ3) is 4.93. The summed E-state index contributed by atoms with van der Waals surface area (Å²) in [6.07, 6.45) is 4.61. The molecule has 0 saturated carbocycles. The van der Waals surface area contributed by atoms with Crippen molar-refractivity contribution in [2.45, 2.75) is 59.9 Å². The van der Waals surface area contributed by atoms with Crippen molar-refractivity contribution in [2.75, 3.05) is 6.61 Å². The van der Waals surface area contributed by atoms with E-state index in [-0.39, 0.29) is 17.6 Å². The number of esters is 1. The fraction of sp³-hybridized carbons (Fsp3) is 0.647. The average Bonchev–Trinajstić information content (AvgIpc) is 2.37. The zero-order valence-electron chi connectivity index (χ0n) is 13.7. The van der Waals surface area contributed by atoms with E-state index >= 15 is 0 Å². The van der Waals surface area contributed by atoms with Crippen LogP contribution in [0.3, 0.4) is 0 Å². The van der Waals surface area contributed by atoms with Crippen LogP contribution in [0, 0.1) is 16.7 Å². The summed E-state index contributed by atoms with van der Waals surface area (Å²) >= 11 is 0. The second-order valence-electron chi connectivity index (χ2n) is 6.37. The lowest BCUT2D eigenvalue weighted by Gasteiger charge is -2.33. The minimum atomic E-state index is -0.521. The Hall–Kier alpha value is -1.76. The van der Waals surface area contributed by atoms with Gasteiger partial charge in [0.05, 0.1) is 6.61 Å². The van der Waals surface area contributed by atoms with Crippen molar-refractivity contribution in [1.29, 1.82) is 5.26 Å². The minimum absolute atomic E-state index is 0.0223. The van der Waals surface area contributed by atoms with Crippen molar-refractivity contribution in [3.05, 3.63) is 22.9 Å². The Labute approximate surface area is 127 Å². The molecule has 0 heterocycles. The number of allylic oxidation sites excluding steroid dienone is 3. The van der Waals surface area contributed by atoms with Gasteiger partial charge in [-0.2, -0.15) is 5.26 Å². The van der Waals surface area contributed by atoms with Gasteiger partial charge in [-0.3, -0.25) is 0 Å². The Morgan fingerprint density at radius 1 is 1.48 bits per heavy atom. The molecule has 1 aliphatic carbocycles. The fourth-order valence-electron chi connectivity index (χ4n) is 2.53. The second-order valence-corrected chi connectivity index (χ2v) is 6.37. The van der Waals surface area contributed by atoms with Crippen LogP contribution >= 0.6 is 0 Å². The largest absolute Gasteiger partial charge is 0.462 e. The molecule has 1 aliphatic rings. The van der Waals surface area contributed by atoms with Crippen LogP contribution in [0.2, 0.25) is 0 Å². The lowest BCUT2D eigenvalue weighted by atomic mass is 9.76. The van der Waals surface area contributed by atoms with Gasteiger partial charge in [0.25, 0.3) is 0 Å². The molecule has 0 radical (unpaired) electrons. The van der Waals surface area contributed by atoms with E-state index in [1.54, 1.807) is 6.92 Å². The molecule has 0 amide bonds. The quantitative estimate of drug-likeness (QED) is 0.478. The second kappa shape index (κ2) is 7.31. The molecule has 0 fully saturated rings. The zero-order chi connectivity index (χ0) is 16.0. The van der Waals surface area contributed by atoms with Crippen LogP contribution in [-0.4, -0.2) is 18.6 Å². The maximum atomic E-state index is 11.9. The highest BCUT2D eigenvalue weighted by molar-refractivity contribution is 5.94. The smallest absolute Gasteiger partial charge is 0.349 e. The first kappa shape index (κ1) is 17.3. The lowest BCUT2D eigenvalue weighted by molar-refractivity contribution is -0.138. The number of hydrogen-bond acceptors (Lipinski definition) is 4. The maximum absolute atomic E-state index is 11.9. The number of nitrogens with one attached hydrogen (secondary N) is 1. The predicted octanol–water partition coefficient (Wildman–Crippen LogP) is 3.46. The molecule has 4 heteroatoms. The molecule has 0 bridgehead atoms. The van der Waals surface area contributed by atoms with Crippen molar-refractivity contribution in [2.24, 2.45) is 5.41 Å². The Kier molecular flexibility index (Phi) is 6.02. The van der Waals surface area contributed by atoms with Gasteiger partial charge in [0, 0.05) is 11.7 Å². The molecule has 116 valence electrons. The van der Waals surface area contributed by atoms with Gasteiger partial charge in [-0.25, -0.2) is 4.79 Å². The monoisotopic (exact) mass is 290 g/mol. The van der Waals surface area contributed by atoms with Gasteiger partial charge in [0.2, 0.25) is 0 Å². The molecule has 4 nitrogen and oxygen atoms in total. The minimum Gasteiger partial charge on any atom is -0.462 e. The van der Waals surface area contributed by atoms with E-state index in [2.05, 4.69) is 33.0 Å². The first-order chi connectivity index (χ1) is 9.82. The van der Waals surface area contributed by atoms with Crippen LogP contribution < -0.4 is 5.32 Å². The predicted molar refractivity (Wildman–Crippen MR) is 83.3 cm³/mol. The van der Waals surface area contributed by atoms with Gasteiger partial charge in [0.15, 0.2) is 0 Å². The molecule has 0 aromatic rings. The molecule has 0 aromatic heterocycles. The summed E-state index contributed by atoms with van der Waals surface area (Å²) in [6, 6.07) is 2.39. The summed E-state index contributed by atoms with van der Waals surface area (Å²) in [5.74, 6) is -0.521. The molecule has 0 spiro atoms. The van der Waals surface area contributed by atoms with E-state index in [9.17, 15) is 10.1 Å². The van der Waals surface area contributed by atoms with E-state index in [1.165, 1.54) is 0 Å². The summed E-state index contributed by atoms with van der Waals surface area (Å²) in [5.41, 5.74) is 2.02. The molecule has 1 unspecified atom stereocenters. The number of ether oxygens (including phenoxy) is 1. The summed E-state index contributed by atoms with van der Waals surface area (Å²) in [6.45, 7) is 10.6. The van der Waals surface area contributed by atoms with Gasteiger partial charge in [-0.1, -0.05) is 20.8 Å². The third-order valence-electron chi connectivity index (χ3n) is 3.64. The number of rotatable bonds is 5. The van der Waals surface area contributed by atoms with Gasteiger partial charge in [0.1, 0.15) is 11.6 Å². The molecule has 1 atom stereocenters. The van der Waals surface area contributed by atoms with Gasteiger partial charge >= 0.3 is 5.97 Å². The van der Waals surface area contributed by atoms with Crippen molar-refractivity contribution in [1.82, 2.24) is 5.32 Å². The van der Waals surface area contributed by atoms with E-state index in [4.69, 9.17) is 4.74 Å². The van der Waals surface area contributed by atoms with E-state index in [0.717, 1.165) is 24.1 Å². The first-order valence-corrected chi connectivity index (χ1v) is 7.60. The van der Waals surface area contributed by atoms with Crippen LogP contribution in [0.25, 0.3) is 0 Å². The van der Waals surface area contributed by atoms with Gasteiger partial charge in [-0.15, -0.1) is 0 Å². The van der Waals surface area contributed by atoms with Crippen molar-refractivity contribution in [3.8, 4) is 6.07 Å². The van der Waals surface area contributed by atoms with Gasteiger partial charge in [-0.05, 0) is 50.2 Å². The standard InChI is InChI=1S/C17H26N2O2/c1-6-12(3)19-14-8-13(9-17(4,5)10-14)15(11-18)16(20)21-7-2/h8,12,19H,6-7,9-10H2,1-5H3/b15-13+. The van der Waals surface area contributed by atoms with Crippen molar-refractivity contribution in [3.63, 3.8) is 0 Å². The molecular weight excluding hydrogens is 264 g/mol. The van der Waals surface area contributed by atoms with Crippen LogP contribution in [0.4, 0.5) is 0 Å².